The van der Waals surface area contributed by atoms with Gasteiger partial charge in [0.15, 0.2) is 0 Å². The molecule has 1 aromatic carbocycles. The number of hydrogen-bond donors (Lipinski definition) is 1. The van der Waals surface area contributed by atoms with E-state index in [2.05, 4.69) is 23.6 Å². The minimum absolute atomic E-state index is 0.417. The fourth-order valence-electron chi connectivity index (χ4n) is 4.05. The quantitative estimate of drug-likeness (QED) is 0.593. The highest BCUT2D eigenvalue weighted by Gasteiger charge is 2.24. The third-order valence-corrected chi connectivity index (χ3v) is 6.50. The molecule has 0 radical (unpaired) electrons. The van der Waals surface area contributed by atoms with Crippen LogP contribution in [0, 0.1) is 6.92 Å². The van der Waals surface area contributed by atoms with E-state index in [0.717, 1.165) is 21.8 Å². The molecular formula is C22H23NO2S. The van der Waals surface area contributed by atoms with Crippen molar-refractivity contribution in [3.05, 3.63) is 64.8 Å². The van der Waals surface area contributed by atoms with Gasteiger partial charge in [-0.2, -0.15) is 0 Å². The van der Waals surface area contributed by atoms with Gasteiger partial charge in [0, 0.05) is 16.3 Å². The zero-order valence-electron chi connectivity index (χ0n) is 14.9. The summed E-state index contributed by atoms with van der Waals surface area (Å²) in [5, 5.41) is 9.81. The van der Waals surface area contributed by atoms with Crippen LogP contribution in [0.15, 0.2) is 48.5 Å². The highest BCUT2D eigenvalue weighted by atomic mass is 32.1. The number of carbonyl (C=O) groups is 1. The Morgan fingerprint density at radius 1 is 1.08 bits per heavy atom. The first-order valence-electron chi connectivity index (χ1n) is 9.26. The molecule has 0 spiro atoms. The molecule has 0 aliphatic heterocycles. The molecule has 1 fully saturated rings. The second-order valence-electron chi connectivity index (χ2n) is 7.07. The van der Waals surface area contributed by atoms with Gasteiger partial charge in [-0.3, -0.25) is 0 Å². The van der Waals surface area contributed by atoms with Crippen LogP contribution < -0.4 is 0 Å². The highest BCUT2D eigenvalue weighted by Crippen LogP contribution is 2.39. The zero-order chi connectivity index (χ0) is 18.1. The van der Waals surface area contributed by atoms with Crippen LogP contribution in [-0.2, 0) is 0 Å². The number of aromatic nitrogens is 1. The van der Waals surface area contributed by atoms with Gasteiger partial charge in [-0.25, -0.2) is 4.79 Å². The molecule has 4 heteroatoms. The van der Waals surface area contributed by atoms with E-state index >= 15 is 0 Å². The summed E-state index contributed by atoms with van der Waals surface area (Å²) in [4.78, 5) is 13.4. The number of rotatable bonds is 4. The smallest absolute Gasteiger partial charge is 0.348 e. The van der Waals surface area contributed by atoms with Crippen molar-refractivity contribution in [1.29, 1.82) is 0 Å². The molecule has 1 aliphatic carbocycles. The van der Waals surface area contributed by atoms with E-state index in [1.165, 1.54) is 49.1 Å². The molecular weight excluding hydrogens is 342 g/mol. The molecule has 3 nitrogen and oxygen atoms in total. The van der Waals surface area contributed by atoms with Crippen LogP contribution in [0.4, 0.5) is 0 Å². The fraction of sp³-hybridized carbons (Fsp3) is 0.318. The van der Waals surface area contributed by atoms with Crippen LogP contribution in [-0.4, -0.2) is 15.6 Å². The Hall–Kier alpha value is -2.33. The number of hydrogen-bond acceptors (Lipinski definition) is 2. The molecule has 0 unspecified atom stereocenters. The Morgan fingerprint density at radius 2 is 1.81 bits per heavy atom. The van der Waals surface area contributed by atoms with Crippen molar-refractivity contribution >= 4 is 17.3 Å². The van der Waals surface area contributed by atoms with Crippen LogP contribution in [0.25, 0.3) is 16.1 Å². The number of thiophene rings is 1. The van der Waals surface area contributed by atoms with Crippen LogP contribution in [0.2, 0.25) is 0 Å². The number of carboxylic acids is 1. The highest BCUT2D eigenvalue weighted by molar-refractivity contribution is 7.17. The lowest BCUT2D eigenvalue weighted by molar-refractivity contribution is 0.0702. The molecule has 2 heterocycles. The fourth-order valence-corrected chi connectivity index (χ4v) is 5.04. The van der Waals surface area contributed by atoms with E-state index in [1.54, 1.807) is 0 Å². The summed E-state index contributed by atoms with van der Waals surface area (Å²) >= 11 is 1.36. The maximum atomic E-state index is 12.0. The molecule has 0 amide bonds. The average molecular weight is 365 g/mol. The molecule has 1 N–H and O–H groups in total. The Kier molecular flexibility index (Phi) is 4.68. The minimum Gasteiger partial charge on any atom is -0.477 e. The Bertz CT molecular complexity index is 917. The van der Waals surface area contributed by atoms with E-state index in [1.807, 2.05) is 36.4 Å². The van der Waals surface area contributed by atoms with E-state index < -0.39 is 5.97 Å². The summed E-state index contributed by atoms with van der Waals surface area (Å²) in [6.45, 7) is 2.07. The van der Waals surface area contributed by atoms with Crippen molar-refractivity contribution in [2.24, 2.45) is 0 Å². The summed E-state index contributed by atoms with van der Waals surface area (Å²) < 4.78 is 2.18. The monoisotopic (exact) mass is 365 g/mol. The van der Waals surface area contributed by atoms with Gasteiger partial charge >= 0.3 is 5.97 Å². The van der Waals surface area contributed by atoms with Gasteiger partial charge in [0.1, 0.15) is 4.88 Å². The minimum atomic E-state index is -0.852. The summed E-state index contributed by atoms with van der Waals surface area (Å²) in [6.07, 6.45) is 6.23. The number of benzene rings is 1. The van der Waals surface area contributed by atoms with Crippen molar-refractivity contribution in [3.8, 4) is 16.1 Å². The van der Waals surface area contributed by atoms with Gasteiger partial charge < -0.3 is 9.67 Å². The SMILES string of the molecule is Cc1ccc(C2CCCCC2)n1-c1cc(-c2ccccc2)sc1C(=O)O. The lowest BCUT2D eigenvalue weighted by Crippen LogP contribution is -2.12. The number of carboxylic acid groups (broad SMARTS) is 1. The van der Waals surface area contributed by atoms with Gasteiger partial charge in [-0.05, 0) is 49.4 Å². The van der Waals surface area contributed by atoms with Crippen molar-refractivity contribution in [3.63, 3.8) is 0 Å². The van der Waals surface area contributed by atoms with E-state index in [9.17, 15) is 9.90 Å². The van der Waals surface area contributed by atoms with E-state index in [0.29, 0.717) is 10.8 Å². The molecule has 1 saturated carbocycles. The molecule has 26 heavy (non-hydrogen) atoms. The standard InChI is InChI=1S/C22H23NO2S/c1-15-12-13-18(16-8-4-2-5-9-16)23(15)19-14-20(26-21(19)22(24)25)17-10-6-3-7-11-17/h3,6-7,10-14,16H,2,4-5,8-9H2,1H3,(H,24,25). The molecule has 1 aliphatic rings. The molecule has 0 bridgehead atoms. The van der Waals surface area contributed by atoms with E-state index in [-0.39, 0.29) is 0 Å². The summed E-state index contributed by atoms with van der Waals surface area (Å²) in [7, 11) is 0. The van der Waals surface area contributed by atoms with E-state index in [4.69, 9.17) is 0 Å². The van der Waals surface area contributed by atoms with Crippen molar-refractivity contribution in [2.45, 2.75) is 44.9 Å². The average Bonchev–Trinajstić information content (AvgIpc) is 3.27. The Morgan fingerprint density at radius 3 is 2.50 bits per heavy atom. The predicted octanol–water partition coefficient (Wildman–Crippen LogP) is 6.26. The topological polar surface area (TPSA) is 42.2 Å². The first-order valence-corrected chi connectivity index (χ1v) is 10.1. The molecule has 134 valence electrons. The first-order chi connectivity index (χ1) is 12.6. The van der Waals surface area contributed by atoms with Gasteiger partial charge in [0.25, 0.3) is 0 Å². The number of aryl methyl sites for hydroxylation is 1. The number of nitrogens with zero attached hydrogens (tertiary/aromatic N) is 1. The van der Waals surface area contributed by atoms with Gasteiger partial charge in [0.05, 0.1) is 5.69 Å². The van der Waals surface area contributed by atoms with Crippen molar-refractivity contribution in [1.82, 2.24) is 4.57 Å². The Labute approximate surface area is 157 Å². The third-order valence-electron chi connectivity index (χ3n) is 5.34. The first kappa shape index (κ1) is 17.1. The van der Waals surface area contributed by atoms with Gasteiger partial charge in [-0.1, -0.05) is 49.6 Å². The maximum Gasteiger partial charge on any atom is 0.348 e. The second kappa shape index (κ2) is 7.12. The molecule has 0 atom stereocenters. The lowest BCUT2D eigenvalue weighted by atomic mass is 9.87. The molecule has 0 saturated heterocycles. The predicted molar refractivity (Wildman–Crippen MR) is 107 cm³/mol. The van der Waals surface area contributed by atoms with Crippen molar-refractivity contribution < 1.29 is 9.90 Å². The van der Waals surface area contributed by atoms with Crippen LogP contribution in [0.1, 0.15) is 59.1 Å². The molecule has 2 aromatic heterocycles. The summed E-state index contributed by atoms with van der Waals surface area (Å²) in [5.41, 5.74) is 4.24. The van der Waals surface area contributed by atoms with Crippen molar-refractivity contribution in [2.75, 3.05) is 0 Å². The third kappa shape index (κ3) is 3.10. The maximum absolute atomic E-state index is 12.0. The van der Waals surface area contributed by atoms with Gasteiger partial charge in [-0.15, -0.1) is 11.3 Å². The van der Waals surface area contributed by atoms with Crippen LogP contribution >= 0.6 is 11.3 Å². The zero-order valence-corrected chi connectivity index (χ0v) is 15.8. The number of aromatic carboxylic acids is 1. The lowest BCUT2D eigenvalue weighted by Gasteiger charge is -2.24. The van der Waals surface area contributed by atoms with Gasteiger partial charge in [0.2, 0.25) is 0 Å². The molecule has 4 rings (SSSR count). The summed E-state index contributed by atoms with van der Waals surface area (Å²) in [6, 6.07) is 16.4. The van der Waals surface area contributed by atoms with Crippen LogP contribution in [0.3, 0.4) is 0 Å². The molecule has 3 aromatic rings. The normalized spacial score (nSPS) is 15.3. The van der Waals surface area contributed by atoms with Crippen LogP contribution in [0.5, 0.6) is 0 Å². The Balaban J connectivity index is 1.84. The second-order valence-corrected chi connectivity index (χ2v) is 8.12. The summed E-state index contributed by atoms with van der Waals surface area (Å²) in [5.74, 6) is -0.325. The largest absolute Gasteiger partial charge is 0.477 e.